The summed E-state index contributed by atoms with van der Waals surface area (Å²) in [4.78, 5) is 0.105. The Morgan fingerprint density at radius 2 is 2.15 bits per heavy atom. The quantitative estimate of drug-likeness (QED) is 0.877. The minimum atomic E-state index is -3.56. The summed E-state index contributed by atoms with van der Waals surface area (Å²) >= 11 is 5.87. The Bertz CT molecular complexity index is 646. The molecule has 0 amide bonds. The van der Waals surface area contributed by atoms with Crippen LogP contribution in [-0.4, -0.2) is 15.0 Å². The predicted molar refractivity (Wildman–Crippen MR) is 77.9 cm³/mol. The van der Waals surface area contributed by atoms with Crippen LogP contribution in [-0.2, 0) is 10.0 Å². The Balaban J connectivity index is 2.11. The van der Waals surface area contributed by atoms with E-state index in [4.69, 9.17) is 16.9 Å². The predicted octanol–water partition coefficient (Wildman–Crippen LogP) is 3.07. The number of benzene rings is 1. The number of hydrogen-bond acceptors (Lipinski definition) is 3. The number of sulfonamides is 1. The summed E-state index contributed by atoms with van der Waals surface area (Å²) in [6.45, 7) is 2.58. The van der Waals surface area contributed by atoms with Crippen molar-refractivity contribution in [1.82, 2.24) is 4.72 Å². The van der Waals surface area contributed by atoms with Gasteiger partial charge in [0.25, 0.3) is 0 Å². The van der Waals surface area contributed by atoms with Crippen LogP contribution in [0.15, 0.2) is 23.1 Å². The molecular formula is C14H17ClN2O2S. The lowest BCUT2D eigenvalue weighted by atomic mass is 10.0. The highest BCUT2D eigenvalue weighted by Gasteiger charge is 2.42. The Morgan fingerprint density at radius 1 is 1.45 bits per heavy atom. The summed E-state index contributed by atoms with van der Waals surface area (Å²) in [5, 5.41) is 8.95. The second-order valence-corrected chi connectivity index (χ2v) is 7.50. The molecule has 0 aliphatic heterocycles. The summed E-state index contributed by atoms with van der Waals surface area (Å²) in [6.07, 6.45) is 4.27. The Morgan fingerprint density at radius 3 is 2.65 bits per heavy atom. The number of rotatable bonds is 6. The maximum Gasteiger partial charge on any atom is 0.240 e. The number of nitrogens with zero attached hydrogens (tertiary/aromatic N) is 1. The Kier molecular flexibility index (Phi) is 4.38. The van der Waals surface area contributed by atoms with E-state index >= 15 is 0 Å². The zero-order chi connectivity index (χ0) is 14.8. The van der Waals surface area contributed by atoms with Gasteiger partial charge in [-0.25, -0.2) is 13.1 Å². The number of hydrogen-bond donors (Lipinski definition) is 1. The van der Waals surface area contributed by atoms with E-state index in [1.807, 2.05) is 6.07 Å². The molecule has 20 heavy (non-hydrogen) atoms. The van der Waals surface area contributed by atoms with Gasteiger partial charge in [-0.15, -0.1) is 0 Å². The first-order chi connectivity index (χ1) is 9.42. The van der Waals surface area contributed by atoms with Gasteiger partial charge in [-0.3, -0.25) is 0 Å². The molecule has 4 nitrogen and oxygen atoms in total. The van der Waals surface area contributed by atoms with Crippen molar-refractivity contribution in [2.75, 3.05) is 6.54 Å². The van der Waals surface area contributed by atoms with E-state index in [1.165, 1.54) is 18.2 Å². The van der Waals surface area contributed by atoms with Crippen LogP contribution in [0.4, 0.5) is 0 Å². The lowest BCUT2D eigenvalue weighted by molar-refractivity contribution is 0.449. The molecule has 0 heterocycles. The molecule has 0 aromatic heterocycles. The van der Waals surface area contributed by atoms with Gasteiger partial charge in [0.2, 0.25) is 10.0 Å². The normalized spacial score (nSPS) is 16.6. The van der Waals surface area contributed by atoms with E-state index in [0.29, 0.717) is 6.54 Å². The second-order valence-electron chi connectivity index (χ2n) is 5.33. The molecule has 1 fully saturated rings. The molecule has 1 aliphatic rings. The van der Waals surface area contributed by atoms with Crippen LogP contribution in [0.3, 0.4) is 0 Å². The summed E-state index contributed by atoms with van der Waals surface area (Å²) in [6, 6.07) is 6.07. The minimum Gasteiger partial charge on any atom is -0.211 e. The van der Waals surface area contributed by atoms with Crippen molar-refractivity contribution >= 4 is 21.6 Å². The Hall–Kier alpha value is -1.09. The number of nitrogens with one attached hydrogen (secondary N) is 1. The molecule has 0 atom stereocenters. The lowest BCUT2D eigenvalue weighted by Gasteiger charge is -2.15. The Labute approximate surface area is 124 Å². The first-order valence-corrected chi connectivity index (χ1v) is 8.48. The van der Waals surface area contributed by atoms with Gasteiger partial charge in [0, 0.05) is 6.54 Å². The van der Waals surface area contributed by atoms with Crippen molar-refractivity contribution in [1.29, 1.82) is 5.26 Å². The van der Waals surface area contributed by atoms with Gasteiger partial charge in [0.15, 0.2) is 0 Å². The third kappa shape index (κ3) is 3.32. The van der Waals surface area contributed by atoms with Gasteiger partial charge in [-0.2, -0.15) is 5.26 Å². The first-order valence-electron chi connectivity index (χ1n) is 6.62. The molecule has 0 bridgehead atoms. The van der Waals surface area contributed by atoms with E-state index in [1.54, 1.807) is 0 Å². The fourth-order valence-corrected chi connectivity index (χ4v) is 3.78. The molecular weight excluding hydrogens is 296 g/mol. The van der Waals surface area contributed by atoms with Crippen molar-refractivity contribution in [3.8, 4) is 6.07 Å². The molecule has 1 saturated carbocycles. The summed E-state index contributed by atoms with van der Waals surface area (Å²) < 4.78 is 27.1. The van der Waals surface area contributed by atoms with Crippen LogP contribution < -0.4 is 4.72 Å². The van der Waals surface area contributed by atoms with Crippen LogP contribution >= 0.6 is 11.6 Å². The van der Waals surface area contributed by atoms with E-state index < -0.39 is 10.0 Å². The van der Waals surface area contributed by atoms with Gasteiger partial charge >= 0.3 is 0 Å². The van der Waals surface area contributed by atoms with Crippen LogP contribution in [0.2, 0.25) is 5.02 Å². The van der Waals surface area contributed by atoms with Crippen LogP contribution in [0, 0.1) is 16.7 Å². The van der Waals surface area contributed by atoms with E-state index in [-0.39, 0.29) is 20.9 Å². The highest BCUT2D eigenvalue weighted by molar-refractivity contribution is 7.89. The topological polar surface area (TPSA) is 70.0 Å². The molecule has 1 aromatic rings. The van der Waals surface area contributed by atoms with Crippen LogP contribution in [0.5, 0.6) is 0 Å². The molecule has 1 aliphatic carbocycles. The SMILES string of the molecule is CCCC1(CNS(=O)(=O)c2ccc(C#N)c(Cl)c2)CC1. The van der Waals surface area contributed by atoms with Gasteiger partial charge in [-0.05, 0) is 42.9 Å². The van der Waals surface area contributed by atoms with Crippen molar-refractivity contribution in [3.05, 3.63) is 28.8 Å². The molecule has 0 unspecified atom stereocenters. The average Bonchev–Trinajstić information content (AvgIpc) is 3.17. The average molecular weight is 313 g/mol. The molecule has 6 heteroatoms. The monoisotopic (exact) mass is 312 g/mol. The fourth-order valence-electron chi connectivity index (χ4n) is 2.31. The molecule has 1 N–H and O–H groups in total. The smallest absolute Gasteiger partial charge is 0.211 e. The molecule has 0 radical (unpaired) electrons. The maximum absolute atomic E-state index is 12.2. The molecule has 2 rings (SSSR count). The lowest BCUT2D eigenvalue weighted by Crippen LogP contribution is -2.30. The number of nitriles is 1. The van der Waals surface area contributed by atoms with E-state index in [0.717, 1.165) is 25.7 Å². The van der Waals surface area contributed by atoms with Crippen molar-refractivity contribution in [2.24, 2.45) is 5.41 Å². The zero-order valence-electron chi connectivity index (χ0n) is 11.3. The van der Waals surface area contributed by atoms with Crippen molar-refractivity contribution < 1.29 is 8.42 Å². The van der Waals surface area contributed by atoms with Gasteiger partial charge in [-0.1, -0.05) is 24.9 Å². The molecule has 0 spiro atoms. The van der Waals surface area contributed by atoms with Gasteiger partial charge in [0.1, 0.15) is 6.07 Å². The largest absolute Gasteiger partial charge is 0.240 e. The van der Waals surface area contributed by atoms with Crippen molar-refractivity contribution in [3.63, 3.8) is 0 Å². The van der Waals surface area contributed by atoms with Crippen LogP contribution in [0.1, 0.15) is 38.2 Å². The zero-order valence-corrected chi connectivity index (χ0v) is 12.9. The summed E-state index contributed by atoms with van der Waals surface area (Å²) in [7, 11) is -3.56. The highest BCUT2D eigenvalue weighted by atomic mass is 35.5. The summed E-state index contributed by atoms with van der Waals surface area (Å²) in [5.41, 5.74) is 0.424. The second kappa shape index (κ2) is 5.72. The first kappa shape index (κ1) is 15.3. The summed E-state index contributed by atoms with van der Waals surface area (Å²) in [5.74, 6) is 0. The van der Waals surface area contributed by atoms with Crippen molar-refractivity contribution in [2.45, 2.75) is 37.5 Å². The van der Waals surface area contributed by atoms with E-state index in [2.05, 4.69) is 11.6 Å². The number of halogens is 1. The molecule has 1 aromatic carbocycles. The highest BCUT2D eigenvalue weighted by Crippen LogP contribution is 2.49. The van der Waals surface area contributed by atoms with Gasteiger partial charge in [0.05, 0.1) is 15.5 Å². The third-order valence-electron chi connectivity index (χ3n) is 3.75. The van der Waals surface area contributed by atoms with Crippen LogP contribution in [0.25, 0.3) is 0 Å². The molecule has 108 valence electrons. The standard InChI is InChI=1S/C14H17ClN2O2S/c1-2-5-14(6-7-14)10-17-20(18,19)12-4-3-11(9-16)13(15)8-12/h3-4,8,17H,2,5-7,10H2,1H3. The minimum absolute atomic E-state index is 0.105. The van der Waals surface area contributed by atoms with Gasteiger partial charge < -0.3 is 0 Å². The molecule has 0 saturated heterocycles. The fraction of sp³-hybridized carbons (Fsp3) is 0.500. The van der Waals surface area contributed by atoms with E-state index in [9.17, 15) is 8.42 Å². The third-order valence-corrected chi connectivity index (χ3v) is 5.46. The maximum atomic E-state index is 12.2.